The number of likely N-dealkylation sites (tertiary alicyclic amines) is 2. The average molecular weight is 1670 g/mol. The number of thiol groups is 1. The smallest absolute Gasteiger partial charge is 0.244 e. The van der Waals surface area contributed by atoms with Crippen LogP contribution in [0.3, 0.4) is 0 Å². The molecule has 2 fully saturated rings. The summed E-state index contributed by atoms with van der Waals surface area (Å²) in [6.07, 6.45) is 3.37. The van der Waals surface area contributed by atoms with E-state index < -0.39 is 187 Å². The van der Waals surface area contributed by atoms with E-state index in [0.29, 0.717) is 103 Å². The number of rotatable bonds is 68. The zero-order valence-electron chi connectivity index (χ0n) is 66.3. The Morgan fingerprint density at radius 3 is 1.40 bits per heavy atom. The van der Waals surface area contributed by atoms with E-state index in [1.165, 1.54) is 6.92 Å². The van der Waals surface area contributed by atoms with Crippen molar-refractivity contribution in [2.75, 3.05) is 89.6 Å². The first kappa shape index (κ1) is 102. The van der Waals surface area contributed by atoms with Gasteiger partial charge in [-0.2, -0.15) is 12.6 Å². The summed E-state index contributed by atoms with van der Waals surface area (Å²) >= 11 is 5.82. The number of Topliss-reactive ketones (excluding diaryl/α,β-unsaturated/α-hetero) is 4. The molecule has 0 aromatic rings. The molecule has 0 bridgehead atoms. The summed E-state index contributed by atoms with van der Waals surface area (Å²) in [5.74, 6) is -12.3. The van der Waals surface area contributed by atoms with Crippen LogP contribution >= 0.6 is 36.2 Å². The van der Waals surface area contributed by atoms with Crippen molar-refractivity contribution in [3.8, 4) is 0 Å². The van der Waals surface area contributed by atoms with Crippen molar-refractivity contribution in [1.29, 1.82) is 0 Å². The first-order chi connectivity index (χ1) is 54.4. The molecule has 2 aliphatic heterocycles. The summed E-state index contributed by atoms with van der Waals surface area (Å²) in [4.78, 5) is 260. The van der Waals surface area contributed by atoms with E-state index in [2.05, 4.69) is 65.8 Å². The van der Waals surface area contributed by atoms with Crippen LogP contribution in [0.2, 0.25) is 0 Å². The fourth-order valence-corrected chi connectivity index (χ4v) is 14.1. The molecular weight excluding hydrogens is 1550 g/mol. The number of nitrogens with zero attached hydrogens (tertiary/aromatic N) is 2. The molecule has 642 valence electrons. The predicted octanol–water partition coefficient (Wildman–Crippen LogP) is -1.03. The van der Waals surface area contributed by atoms with Gasteiger partial charge in [-0.15, -0.1) is 23.5 Å². The number of carbonyl (C=O) groups is 20. The Hall–Kier alpha value is -8.47. The van der Waals surface area contributed by atoms with Gasteiger partial charge < -0.3 is 83.6 Å². The highest BCUT2D eigenvalue weighted by atomic mass is 32.2. The summed E-state index contributed by atoms with van der Waals surface area (Å²) in [5, 5.41) is 23.6. The number of carbonyl (C=O) groups excluding carboxylic acids is 20. The topological polar surface area (TPSA) is 548 Å². The fraction of sp³-hybridized carbons (Fsp3) is 0.730. The van der Waals surface area contributed by atoms with Crippen molar-refractivity contribution in [3.05, 3.63) is 0 Å². The number of ketones is 4. The van der Waals surface area contributed by atoms with Gasteiger partial charge >= 0.3 is 0 Å². The number of hydrogen-bond donors (Lipinski definition) is 13. The molecule has 9 atom stereocenters. The van der Waals surface area contributed by atoms with E-state index >= 15 is 0 Å². The minimum absolute atomic E-state index is 0.00241. The molecule has 0 radical (unpaired) electrons. The zero-order chi connectivity index (χ0) is 84.9. The Balaban J connectivity index is 2.08. The lowest BCUT2D eigenvalue weighted by Gasteiger charge is -2.25. The second-order valence-electron chi connectivity index (χ2n) is 27.3. The third-order valence-electron chi connectivity index (χ3n) is 18.2. The van der Waals surface area contributed by atoms with Gasteiger partial charge in [0.15, 0.2) is 0 Å². The number of thioether (sulfide) groups is 2. The number of unbranched alkanes of at least 4 members (excludes halogenated alkanes) is 5. The fourth-order valence-electron chi connectivity index (χ4n) is 11.5. The second-order valence-corrected chi connectivity index (χ2v) is 30.2. The molecule has 9 unspecified atom stereocenters. The highest BCUT2D eigenvalue weighted by molar-refractivity contribution is 8.01. The maximum atomic E-state index is 14.1. The normalized spacial score (nSPS) is 15.7. The van der Waals surface area contributed by atoms with E-state index in [4.69, 9.17) is 25.7 Å². The minimum Gasteiger partial charge on any atom is -0.381 e. The molecule has 0 aromatic carbocycles. The molecule has 0 saturated carbocycles. The van der Waals surface area contributed by atoms with Crippen molar-refractivity contribution >= 4 is 154 Å². The summed E-state index contributed by atoms with van der Waals surface area (Å²) in [6, 6.07) is -6.31. The van der Waals surface area contributed by atoms with Crippen molar-refractivity contribution < 1.29 is 110 Å². The lowest BCUT2D eigenvalue weighted by Crippen LogP contribution is -2.57. The molecule has 14 N–H and O–H groups in total. The van der Waals surface area contributed by atoms with Gasteiger partial charge in [0.05, 0.1) is 49.4 Å². The second kappa shape index (κ2) is 59.2. The quantitative estimate of drug-likeness (QED) is 0.0114. The summed E-state index contributed by atoms with van der Waals surface area (Å²) in [7, 11) is 0. The highest BCUT2D eigenvalue weighted by Crippen LogP contribution is 2.28. The molecule has 2 heterocycles. The Labute approximate surface area is 679 Å². The van der Waals surface area contributed by atoms with Crippen LogP contribution < -0.4 is 64.6 Å². The van der Waals surface area contributed by atoms with Crippen LogP contribution in [0, 0.1) is 5.92 Å². The molecule has 2 rings (SSSR count). The molecule has 2 aliphatic rings. The number of hydrogen-bond acceptors (Lipinski definition) is 26. The molecule has 0 aromatic heterocycles. The van der Waals surface area contributed by atoms with Crippen LogP contribution in [0.4, 0.5) is 0 Å². The molecule has 0 aliphatic carbocycles. The maximum absolute atomic E-state index is 14.1. The standard InChI is InChI=1S/C74H120N14O23S3/c1-6-49(91)19-12-10-14-22-53(82-64(98)28-35-111-37-36-110-33-18-21-50(92)7-2)71(105)85-56(68(76)102)45-114-58-41-66(100)88(74(58)108)32-26-62(96)79-43-59(80-46-89)86-72(106)54(23-15-11-13-20-51(93)29-38-112)83-69(103)48(39-47(5)90)42-78-61(95)25-31-87-65(99)40-57(73(87)107)113-44-55(67(75)101)84-70(104)52(81-60(94)8-3)24-16-17-30-77-63(97)27-34-109-9-4/h46,48,52-59,112H,6-45H2,1-5H3,(H2,75,101)(H2,76,102)(H,77,97)(H,78,95)(H,79,96)(H,80,89)(H,81,94)(H,82,98)(H,83,103)(H,84,104)(H,85,105)(H,86,106). The number of nitrogens with two attached hydrogens (primary N) is 2. The van der Waals surface area contributed by atoms with Gasteiger partial charge in [0.1, 0.15) is 59.5 Å². The lowest BCUT2D eigenvalue weighted by molar-refractivity contribution is -0.140. The molecule has 114 heavy (non-hydrogen) atoms. The van der Waals surface area contributed by atoms with E-state index in [-0.39, 0.29) is 138 Å². The number of nitrogens with one attached hydrogen (secondary N) is 10. The summed E-state index contributed by atoms with van der Waals surface area (Å²) in [5.41, 5.74) is 11.3. The zero-order valence-corrected chi connectivity index (χ0v) is 68.8. The van der Waals surface area contributed by atoms with Crippen molar-refractivity contribution in [3.63, 3.8) is 0 Å². The third kappa shape index (κ3) is 43.3. The van der Waals surface area contributed by atoms with E-state index in [9.17, 15) is 95.9 Å². The minimum atomic E-state index is -1.38. The monoisotopic (exact) mass is 1670 g/mol. The first-order valence-corrected chi connectivity index (χ1v) is 41.8. The Kier molecular flexibility index (Phi) is 52.8. The highest BCUT2D eigenvalue weighted by Gasteiger charge is 2.42. The van der Waals surface area contributed by atoms with Gasteiger partial charge in [0.25, 0.3) is 0 Å². The van der Waals surface area contributed by atoms with E-state index in [0.717, 1.165) is 33.3 Å². The molecular formula is C74H120N14O23S3. The Bertz CT molecular complexity index is 3230. The van der Waals surface area contributed by atoms with Crippen LogP contribution in [0.15, 0.2) is 0 Å². The molecule has 2 saturated heterocycles. The molecule has 37 nitrogen and oxygen atoms in total. The van der Waals surface area contributed by atoms with Crippen molar-refractivity contribution in [2.24, 2.45) is 17.4 Å². The van der Waals surface area contributed by atoms with E-state index in [1.54, 1.807) is 20.8 Å². The molecule has 0 spiro atoms. The maximum Gasteiger partial charge on any atom is 0.244 e. The number of amides is 16. The SMILES string of the molecule is CCOCCC(=O)NCCCCC(NC(=O)CC)C(=O)NC(CSC1CC(=O)N(CCC(=O)NCC(CC(C)=O)C(=O)NC(CCCCCC(=O)CCS)C(=O)NC(CNC(=O)CCN2C(=O)CC(SCC(NC(=O)C(CCCCCC(=O)CC)NC(=O)CCOCCOCCCC(=O)CC)C(N)=O)C2=O)NC=O)C1=O)C(N)=O. The van der Waals surface area contributed by atoms with Gasteiger partial charge in [-0.05, 0) is 71.0 Å². The van der Waals surface area contributed by atoms with Gasteiger partial charge in [0.2, 0.25) is 95.0 Å². The van der Waals surface area contributed by atoms with Crippen LogP contribution in [-0.2, 0) is 110 Å². The van der Waals surface area contributed by atoms with Gasteiger partial charge in [-0.25, -0.2) is 0 Å². The largest absolute Gasteiger partial charge is 0.381 e. The molecule has 40 heteroatoms. The Morgan fingerprint density at radius 2 is 0.912 bits per heavy atom. The first-order valence-electron chi connectivity index (χ1n) is 39.1. The molecule has 16 amide bonds. The van der Waals surface area contributed by atoms with Gasteiger partial charge in [0, 0.05) is 141 Å². The van der Waals surface area contributed by atoms with Crippen LogP contribution in [-0.4, -0.2) is 264 Å². The average Bonchev–Trinajstić information content (AvgIpc) is 1.67. The van der Waals surface area contributed by atoms with Crippen molar-refractivity contribution in [2.45, 2.75) is 248 Å². The number of primary amides is 2. The van der Waals surface area contributed by atoms with Crippen LogP contribution in [0.1, 0.15) is 202 Å². The van der Waals surface area contributed by atoms with Gasteiger partial charge in [-0.1, -0.05) is 46.5 Å². The van der Waals surface area contributed by atoms with Gasteiger partial charge in [-0.3, -0.25) is 101 Å². The van der Waals surface area contributed by atoms with Crippen LogP contribution in [0.5, 0.6) is 0 Å². The number of imide groups is 2. The summed E-state index contributed by atoms with van der Waals surface area (Å²) < 4.78 is 16.2. The summed E-state index contributed by atoms with van der Waals surface area (Å²) in [6.45, 7) is 8.20. The number of ether oxygens (including phenoxy) is 3. The lowest BCUT2D eigenvalue weighted by atomic mass is 9.99. The van der Waals surface area contributed by atoms with E-state index in [1.807, 2.05) is 6.92 Å². The Morgan fingerprint density at radius 1 is 0.465 bits per heavy atom. The van der Waals surface area contributed by atoms with Crippen LogP contribution in [0.25, 0.3) is 0 Å². The predicted molar refractivity (Wildman–Crippen MR) is 422 cm³/mol. The van der Waals surface area contributed by atoms with Crippen molar-refractivity contribution in [1.82, 2.24) is 63.0 Å². The third-order valence-corrected chi connectivity index (χ3v) is 21.0.